The molecule has 2 heteroatoms. The smallest absolute Gasteiger partial charge is 0.220 e. The van der Waals surface area contributed by atoms with E-state index in [1.807, 2.05) is 18.2 Å². The number of carbonyl (C=O) groups excluding carboxylic acids is 1. The maximum Gasteiger partial charge on any atom is 0.220 e. The Balaban J connectivity index is 2.64. The Labute approximate surface area is 111 Å². The minimum absolute atomic E-state index is 0.162. The Bertz CT molecular complexity index is 345. The van der Waals surface area contributed by atoms with Crippen LogP contribution >= 0.6 is 0 Å². The predicted octanol–water partition coefficient (Wildman–Crippen LogP) is 4.08. The van der Waals surface area contributed by atoms with Gasteiger partial charge in [0.2, 0.25) is 5.91 Å². The summed E-state index contributed by atoms with van der Waals surface area (Å²) in [6, 6.07) is 10.4. The molecular weight excluding hydrogens is 222 g/mol. The summed E-state index contributed by atoms with van der Waals surface area (Å²) in [5.41, 5.74) is 1.21. The zero-order valence-corrected chi connectivity index (χ0v) is 11.8. The van der Waals surface area contributed by atoms with Gasteiger partial charge in [-0.25, -0.2) is 0 Å². The van der Waals surface area contributed by atoms with Crippen LogP contribution in [0.25, 0.3) is 0 Å². The summed E-state index contributed by atoms with van der Waals surface area (Å²) >= 11 is 0. The van der Waals surface area contributed by atoms with E-state index in [-0.39, 0.29) is 11.9 Å². The molecule has 1 N–H and O–H groups in total. The molecule has 0 saturated carbocycles. The van der Waals surface area contributed by atoms with Gasteiger partial charge in [-0.15, -0.1) is 0 Å². The van der Waals surface area contributed by atoms with E-state index in [4.69, 9.17) is 0 Å². The minimum atomic E-state index is 0.162. The van der Waals surface area contributed by atoms with Crippen molar-refractivity contribution in [3.8, 4) is 0 Å². The normalized spacial score (nSPS) is 12.4. The summed E-state index contributed by atoms with van der Waals surface area (Å²) < 4.78 is 0. The van der Waals surface area contributed by atoms with E-state index in [0.717, 1.165) is 19.3 Å². The molecule has 1 rings (SSSR count). The van der Waals surface area contributed by atoms with E-state index in [1.54, 1.807) is 0 Å². The fourth-order valence-electron chi connectivity index (χ4n) is 2.04. The van der Waals surface area contributed by atoms with Crippen molar-refractivity contribution in [1.29, 1.82) is 0 Å². The van der Waals surface area contributed by atoms with Crippen LogP contribution in [0.1, 0.15) is 58.1 Å². The monoisotopic (exact) mass is 247 g/mol. The third kappa shape index (κ3) is 5.35. The van der Waals surface area contributed by atoms with Crippen molar-refractivity contribution >= 4 is 5.91 Å². The molecule has 1 atom stereocenters. The van der Waals surface area contributed by atoms with Crippen molar-refractivity contribution in [2.45, 2.75) is 52.5 Å². The van der Waals surface area contributed by atoms with E-state index in [0.29, 0.717) is 12.3 Å². The predicted molar refractivity (Wildman–Crippen MR) is 76.3 cm³/mol. The number of nitrogens with one attached hydrogen (secondary N) is 1. The molecule has 0 bridgehead atoms. The third-order valence-corrected chi connectivity index (χ3v) is 2.98. The van der Waals surface area contributed by atoms with Gasteiger partial charge in [-0.1, -0.05) is 63.9 Å². The summed E-state index contributed by atoms with van der Waals surface area (Å²) in [6.45, 7) is 6.32. The van der Waals surface area contributed by atoms with E-state index in [2.05, 4.69) is 38.2 Å². The average molecular weight is 247 g/mol. The quantitative estimate of drug-likeness (QED) is 0.773. The van der Waals surface area contributed by atoms with Gasteiger partial charge in [0, 0.05) is 6.42 Å². The molecule has 1 unspecified atom stereocenters. The first-order valence-electron chi connectivity index (χ1n) is 6.97. The number of amides is 1. The second kappa shape index (κ2) is 7.91. The molecular formula is C16H25NO. The van der Waals surface area contributed by atoms with Crippen LogP contribution in [0.4, 0.5) is 0 Å². The lowest BCUT2D eigenvalue weighted by Crippen LogP contribution is -2.29. The number of rotatable bonds is 7. The van der Waals surface area contributed by atoms with Crippen molar-refractivity contribution in [3.05, 3.63) is 35.9 Å². The van der Waals surface area contributed by atoms with Crippen LogP contribution in [-0.4, -0.2) is 5.91 Å². The molecule has 1 aromatic carbocycles. The van der Waals surface area contributed by atoms with Gasteiger partial charge >= 0.3 is 0 Å². The molecule has 0 spiro atoms. The van der Waals surface area contributed by atoms with Gasteiger partial charge in [0.1, 0.15) is 0 Å². The fraction of sp³-hybridized carbons (Fsp3) is 0.562. The van der Waals surface area contributed by atoms with Crippen molar-refractivity contribution in [2.75, 3.05) is 0 Å². The van der Waals surface area contributed by atoms with Crippen LogP contribution < -0.4 is 5.32 Å². The van der Waals surface area contributed by atoms with Crippen LogP contribution in [0.5, 0.6) is 0 Å². The Kier molecular flexibility index (Phi) is 6.48. The molecule has 2 nitrogen and oxygen atoms in total. The summed E-state index contributed by atoms with van der Waals surface area (Å²) in [4.78, 5) is 11.9. The third-order valence-electron chi connectivity index (χ3n) is 2.98. The highest BCUT2D eigenvalue weighted by Gasteiger charge is 2.14. The number of hydrogen-bond acceptors (Lipinski definition) is 1. The molecule has 0 fully saturated rings. The van der Waals surface area contributed by atoms with E-state index < -0.39 is 0 Å². The van der Waals surface area contributed by atoms with Crippen molar-refractivity contribution in [3.63, 3.8) is 0 Å². The molecule has 18 heavy (non-hydrogen) atoms. The lowest BCUT2D eigenvalue weighted by atomic mass is 10.0. The van der Waals surface area contributed by atoms with Gasteiger partial charge in [-0.3, -0.25) is 4.79 Å². The first-order valence-corrected chi connectivity index (χ1v) is 6.97. The topological polar surface area (TPSA) is 29.1 Å². The minimum Gasteiger partial charge on any atom is -0.349 e. The fourth-order valence-corrected chi connectivity index (χ4v) is 2.04. The van der Waals surface area contributed by atoms with E-state index in [1.165, 1.54) is 5.56 Å². The highest BCUT2D eigenvalue weighted by Crippen LogP contribution is 2.19. The summed E-state index contributed by atoms with van der Waals surface area (Å²) in [7, 11) is 0. The number of hydrogen-bond donors (Lipinski definition) is 1. The molecule has 1 aromatic rings. The van der Waals surface area contributed by atoms with Gasteiger partial charge in [0.05, 0.1) is 6.04 Å². The zero-order chi connectivity index (χ0) is 13.4. The van der Waals surface area contributed by atoms with Crippen LogP contribution in [0.3, 0.4) is 0 Å². The Morgan fingerprint density at radius 2 is 1.89 bits per heavy atom. The van der Waals surface area contributed by atoms with Crippen LogP contribution in [0.2, 0.25) is 0 Å². The standard InChI is InChI=1S/C16H25NO/c1-4-5-11-15(14-9-7-6-8-10-14)17-16(18)12-13(2)3/h6-10,13,15H,4-5,11-12H2,1-3H3,(H,17,18). The van der Waals surface area contributed by atoms with Crippen molar-refractivity contribution in [1.82, 2.24) is 5.32 Å². The second-order valence-corrected chi connectivity index (χ2v) is 5.27. The molecule has 0 aliphatic carbocycles. The zero-order valence-electron chi connectivity index (χ0n) is 11.8. The van der Waals surface area contributed by atoms with Crippen molar-refractivity contribution < 1.29 is 4.79 Å². The van der Waals surface area contributed by atoms with E-state index in [9.17, 15) is 4.79 Å². The Morgan fingerprint density at radius 3 is 2.44 bits per heavy atom. The number of benzene rings is 1. The molecule has 0 aliphatic heterocycles. The molecule has 100 valence electrons. The summed E-state index contributed by atoms with van der Waals surface area (Å²) in [5.74, 6) is 0.572. The van der Waals surface area contributed by atoms with Crippen LogP contribution in [0.15, 0.2) is 30.3 Å². The van der Waals surface area contributed by atoms with Gasteiger partial charge in [-0.2, -0.15) is 0 Å². The number of carbonyl (C=O) groups is 1. The molecule has 0 heterocycles. The van der Waals surface area contributed by atoms with Gasteiger partial charge in [0.25, 0.3) is 0 Å². The molecule has 0 saturated heterocycles. The average Bonchev–Trinajstić information content (AvgIpc) is 2.34. The number of unbranched alkanes of at least 4 members (excludes halogenated alkanes) is 1. The molecule has 1 amide bonds. The Hall–Kier alpha value is -1.31. The second-order valence-electron chi connectivity index (χ2n) is 5.27. The van der Waals surface area contributed by atoms with Gasteiger partial charge < -0.3 is 5.32 Å². The lowest BCUT2D eigenvalue weighted by molar-refractivity contribution is -0.122. The highest BCUT2D eigenvalue weighted by atomic mass is 16.1. The highest BCUT2D eigenvalue weighted by molar-refractivity contribution is 5.76. The first-order chi connectivity index (χ1) is 8.63. The molecule has 0 aromatic heterocycles. The molecule has 0 aliphatic rings. The summed E-state index contributed by atoms with van der Waals surface area (Å²) in [6.07, 6.45) is 3.92. The Morgan fingerprint density at radius 1 is 1.22 bits per heavy atom. The maximum absolute atomic E-state index is 11.9. The molecule has 0 radical (unpaired) electrons. The lowest BCUT2D eigenvalue weighted by Gasteiger charge is -2.19. The largest absolute Gasteiger partial charge is 0.349 e. The maximum atomic E-state index is 11.9. The van der Waals surface area contributed by atoms with Gasteiger partial charge in [-0.05, 0) is 17.9 Å². The van der Waals surface area contributed by atoms with Gasteiger partial charge in [0.15, 0.2) is 0 Å². The van der Waals surface area contributed by atoms with Crippen molar-refractivity contribution in [2.24, 2.45) is 5.92 Å². The summed E-state index contributed by atoms with van der Waals surface area (Å²) in [5, 5.41) is 3.16. The van der Waals surface area contributed by atoms with E-state index >= 15 is 0 Å². The SMILES string of the molecule is CCCCC(NC(=O)CC(C)C)c1ccccc1. The van der Waals surface area contributed by atoms with Crippen LogP contribution in [0, 0.1) is 5.92 Å². The first kappa shape index (κ1) is 14.7. The van der Waals surface area contributed by atoms with Crippen LogP contribution in [-0.2, 0) is 4.79 Å².